The molecule has 2 rings (SSSR count). The van der Waals surface area contributed by atoms with Crippen LogP contribution >= 0.6 is 91.0 Å². The molecule has 0 fully saturated rings. The van der Waals surface area contributed by atoms with Gasteiger partial charge in [-0.15, -0.1) is 12.4 Å². The number of carbonyl (C=O) groups is 2. The average Bonchev–Trinajstić information content (AvgIpc) is 2.86. The van der Waals surface area contributed by atoms with Gasteiger partial charge in [0.2, 0.25) is 0 Å². The van der Waals surface area contributed by atoms with E-state index in [1.807, 2.05) is 6.07 Å². The van der Waals surface area contributed by atoms with Crippen LogP contribution in [0.3, 0.4) is 0 Å². The Kier molecular flexibility index (Phi) is 38.5. The fourth-order valence-electron chi connectivity index (χ4n) is 2.02. The summed E-state index contributed by atoms with van der Waals surface area (Å²) in [5.41, 5.74) is 11.0. The number of hydrogen-bond donors (Lipinski definition) is 1. The van der Waals surface area contributed by atoms with Crippen molar-refractivity contribution in [2.24, 2.45) is 5.73 Å². The fraction of sp³-hybridized carbons (Fsp3) is 0.250. The van der Waals surface area contributed by atoms with Gasteiger partial charge in [-0.2, -0.15) is 5.26 Å². The molecule has 0 heterocycles. The van der Waals surface area contributed by atoms with Gasteiger partial charge in [0.15, 0.2) is 6.61 Å². The average molecular weight is 1130 g/mol. The molecule has 17 heteroatoms. The monoisotopic (exact) mass is 1130 g/mol. The molecule has 0 amide bonds. The maximum absolute atomic E-state index is 11.3. The Balaban J connectivity index is -0.000000226. The molecule has 5 radical (unpaired) electrons. The Morgan fingerprint density at radius 3 is 1.65 bits per heavy atom. The normalized spacial score (nSPS) is 8.51. The summed E-state index contributed by atoms with van der Waals surface area (Å²) in [6, 6.07) is 15.3. The molecular formula is C20H23B2ClI5N2O6V-. The molecule has 0 aliphatic carbocycles. The molecule has 0 aliphatic heterocycles. The van der Waals surface area contributed by atoms with Crippen molar-refractivity contribution in [1.29, 1.82) is 5.26 Å². The van der Waals surface area contributed by atoms with E-state index in [1.165, 1.54) is 14.2 Å². The number of halogens is 6. The van der Waals surface area contributed by atoms with Crippen molar-refractivity contribution in [2.45, 2.75) is 0 Å². The van der Waals surface area contributed by atoms with Crippen molar-refractivity contribution < 1.29 is 50.5 Å². The van der Waals surface area contributed by atoms with Gasteiger partial charge in [-0.1, -0.05) is 24.3 Å². The van der Waals surface area contributed by atoms with E-state index in [0.717, 1.165) is 0 Å². The second-order valence-electron chi connectivity index (χ2n) is 5.33. The van der Waals surface area contributed by atoms with Crippen LogP contribution in [0.4, 0.5) is 0 Å². The summed E-state index contributed by atoms with van der Waals surface area (Å²) in [4.78, 5) is 22.2. The molecule has 37 heavy (non-hydrogen) atoms. The summed E-state index contributed by atoms with van der Waals surface area (Å²) >= 11 is 9.62. The van der Waals surface area contributed by atoms with Crippen molar-refractivity contribution in [2.75, 3.05) is 34.0 Å². The molecule has 0 bridgehead atoms. The Morgan fingerprint density at radius 1 is 0.973 bits per heavy atom. The number of nitriles is 1. The van der Waals surface area contributed by atoms with Crippen molar-refractivity contribution in [3.05, 3.63) is 59.7 Å². The predicted molar refractivity (Wildman–Crippen MR) is 176 cm³/mol. The van der Waals surface area contributed by atoms with E-state index in [0.29, 0.717) is 35.8 Å². The van der Waals surface area contributed by atoms with E-state index in [2.05, 4.69) is 88.0 Å². The van der Waals surface area contributed by atoms with E-state index >= 15 is 0 Å². The zero-order valence-corrected chi connectivity index (χ0v) is 32.6. The van der Waals surface area contributed by atoms with Crippen molar-refractivity contribution in [1.82, 2.24) is 0 Å². The van der Waals surface area contributed by atoms with Crippen LogP contribution in [-0.2, 0) is 14.4 Å². The number of nitrogens with two attached hydrogens (primary N) is 1. The molecule has 2 N–H and O–H groups in total. The van der Waals surface area contributed by atoms with E-state index in [-0.39, 0.29) is 49.4 Å². The van der Waals surface area contributed by atoms with Gasteiger partial charge in [0.1, 0.15) is 35.3 Å². The molecule has 203 valence electrons. The van der Waals surface area contributed by atoms with Gasteiger partial charge in [-0.25, -0.2) is 9.59 Å². The molecule has 0 atom stereocenters. The summed E-state index contributed by atoms with van der Waals surface area (Å²) in [6.07, 6.45) is 0. The molecule has 0 saturated carbocycles. The first kappa shape index (κ1) is 45.1. The number of para-hydroxylation sites is 2. The number of rotatable bonds is 7. The summed E-state index contributed by atoms with van der Waals surface area (Å²) in [7, 11) is 2.63. The van der Waals surface area contributed by atoms with E-state index in [1.54, 1.807) is 48.5 Å². The predicted octanol–water partition coefficient (Wildman–Crippen LogP) is 2.39. The quantitative estimate of drug-likeness (QED) is 0.256. The third-order valence-electron chi connectivity index (χ3n) is 3.25. The van der Waals surface area contributed by atoms with Gasteiger partial charge < -0.3 is 24.7 Å². The number of hydrogen-bond acceptors (Lipinski definition) is 8. The standard InChI is InChI=1S/C10H13NO3.C10H9NO3.BI2.B.ClH.3HI.V/c2*1-13-10(12)8-4-2-3-5-9(8)14-7-6-11;1-3-2;;;;;;/h2-5H,6-7,11H2,1H3;2-5H,7H2,1H3;;;4*1H;/q;;-1;;;;;;+3/p-3. The SMILES string of the molecule is COC(=O)c1ccccc1OCC#N.COC(=O)c1ccccc1OCCN.Cl.[B].[B][I-]I.[I][V]([I])[I]. The third-order valence-corrected chi connectivity index (χ3v) is 3.25. The second-order valence-corrected chi connectivity index (χ2v) is 44.3. The van der Waals surface area contributed by atoms with Crippen LogP contribution in [0, 0.1) is 11.3 Å². The van der Waals surface area contributed by atoms with Crippen LogP contribution < -0.4 is 32.2 Å². The van der Waals surface area contributed by atoms with Crippen LogP contribution in [0.15, 0.2) is 48.5 Å². The van der Waals surface area contributed by atoms with Gasteiger partial charge in [-0.05, 0) is 24.3 Å². The Bertz CT molecular complexity index is 917. The molecule has 0 spiro atoms. The molecular weight excluding hydrogens is 1110 g/mol. The summed E-state index contributed by atoms with van der Waals surface area (Å²) in [5, 5.41) is 8.32. The minimum absolute atomic E-state index is 0. The number of benzene rings is 2. The maximum atomic E-state index is 11.3. The first-order chi connectivity index (χ1) is 16.7. The van der Waals surface area contributed by atoms with Crippen molar-refractivity contribution in [3.8, 4) is 17.6 Å². The van der Waals surface area contributed by atoms with E-state index in [9.17, 15) is 9.59 Å². The van der Waals surface area contributed by atoms with E-state index in [4.69, 9.17) is 26.2 Å². The second kappa shape index (κ2) is 31.6. The summed E-state index contributed by atoms with van der Waals surface area (Å²) < 4.78 is 19.5. The van der Waals surface area contributed by atoms with Gasteiger partial charge in [0.05, 0.1) is 14.2 Å². The van der Waals surface area contributed by atoms with Gasteiger partial charge in [0, 0.05) is 15.0 Å². The Hall–Kier alpha value is 1.08. The van der Waals surface area contributed by atoms with Crippen molar-refractivity contribution >= 4 is 117 Å². The Labute approximate surface area is 285 Å². The van der Waals surface area contributed by atoms with Crippen LogP contribution in [0.1, 0.15) is 20.7 Å². The summed E-state index contributed by atoms with van der Waals surface area (Å²) in [6.45, 7) is 0.706. The van der Waals surface area contributed by atoms with Gasteiger partial charge in [-0.3, -0.25) is 0 Å². The van der Waals surface area contributed by atoms with Crippen LogP contribution in [0.2, 0.25) is 0 Å². The zero-order chi connectivity index (χ0) is 27.1. The topological polar surface area (TPSA) is 121 Å². The number of methoxy groups -OCH3 is 2. The fourth-order valence-corrected chi connectivity index (χ4v) is 2.02. The van der Waals surface area contributed by atoms with Gasteiger partial charge in [0.25, 0.3) is 0 Å². The van der Waals surface area contributed by atoms with Crippen LogP contribution in [0.25, 0.3) is 0 Å². The van der Waals surface area contributed by atoms with Gasteiger partial charge >= 0.3 is 118 Å². The first-order valence-corrected chi connectivity index (χ1v) is 30.2. The number of ether oxygens (including phenoxy) is 4. The van der Waals surface area contributed by atoms with Crippen molar-refractivity contribution in [3.63, 3.8) is 0 Å². The molecule has 0 aromatic heterocycles. The molecule has 2 aromatic carbocycles. The number of nitrogens with zero attached hydrogens (tertiary/aromatic N) is 1. The number of esters is 2. The molecule has 0 aliphatic rings. The molecule has 0 saturated heterocycles. The third kappa shape index (κ3) is 24.6. The molecule has 2 aromatic rings. The minimum atomic E-state index is -0.474. The summed E-state index contributed by atoms with van der Waals surface area (Å²) in [5.74, 6) is -0.0122. The molecule has 0 unspecified atom stereocenters. The van der Waals surface area contributed by atoms with E-state index < -0.39 is 11.9 Å². The van der Waals surface area contributed by atoms with Crippen LogP contribution in [0.5, 0.6) is 11.5 Å². The first-order valence-electron chi connectivity index (χ1n) is 9.13. The molecule has 8 nitrogen and oxygen atoms in total. The Morgan fingerprint density at radius 2 is 1.32 bits per heavy atom. The zero-order valence-electron chi connectivity index (χ0n) is 19.6. The van der Waals surface area contributed by atoms with Crippen LogP contribution in [-0.4, -0.2) is 60.0 Å². The number of carbonyl (C=O) groups excluding carboxylic acids is 2.